The van der Waals surface area contributed by atoms with Crippen molar-refractivity contribution in [3.63, 3.8) is 0 Å². The molecule has 0 aliphatic heterocycles. The van der Waals surface area contributed by atoms with Crippen LogP contribution in [0, 0.1) is 0 Å². The molecule has 0 bridgehead atoms. The molecule has 1 heterocycles. The van der Waals surface area contributed by atoms with Crippen LogP contribution in [0.15, 0.2) is 40.8 Å². The summed E-state index contributed by atoms with van der Waals surface area (Å²) in [4.78, 5) is 10.6. The van der Waals surface area contributed by atoms with Gasteiger partial charge < -0.3 is 14.3 Å². The monoisotopic (exact) mass is 292 g/mol. The highest BCUT2D eigenvalue weighted by Gasteiger charge is 2.09. The van der Waals surface area contributed by atoms with Gasteiger partial charge >= 0.3 is 5.97 Å². The highest BCUT2D eigenvalue weighted by molar-refractivity contribution is 6.32. The third-order valence-corrected chi connectivity index (χ3v) is 3.07. The fourth-order valence-corrected chi connectivity index (χ4v) is 2.04. The second kappa shape index (κ2) is 5.84. The Morgan fingerprint density at radius 2 is 2.10 bits per heavy atom. The molecule has 0 aliphatic rings. The lowest BCUT2D eigenvalue weighted by Gasteiger charge is -2.04. The van der Waals surface area contributed by atoms with E-state index in [-0.39, 0.29) is 0 Å². The predicted octanol–water partition coefficient (Wildman–Crippen LogP) is 4.10. The number of halogens is 1. The van der Waals surface area contributed by atoms with Gasteiger partial charge in [0.25, 0.3) is 0 Å². The van der Waals surface area contributed by atoms with Gasteiger partial charge in [0.15, 0.2) is 0 Å². The van der Waals surface area contributed by atoms with Crippen LogP contribution in [-0.2, 0) is 4.79 Å². The molecule has 0 amide bonds. The van der Waals surface area contributed by atoms with E-state index >= 15 is 0 Å². The van der Waals surface area contributed by atoms with Gasteiger partial charge in [-0.05, 0) is 42.8 Å². The lowest BCUT2D eigenvalue weighted by atomic mass is 10.1. The molecular weight excluding hydrogens is 280 g/mol. The fourth-order valence-electron chi connectivity index (χ4n) is 1.78. The smallest absolute Gasteiger partial charge is 0.328 e. The zero-order valence-corrected chi connectivity index (χ0v) is 11.8. The van der Waals surface area contributed by atoms with Crippen LogP contribution in [-0.4, -0.2) is 18.2 Å². The summed E-state index contributed by atoms with van der Waals surface area (Å²) >= 11 is 6.06. The molecule has 0 aliphatic carbocycles. The summed E-state index contributed by atoms with van der Waals surface area (Å²) in [6.45, 7) is 1.68. The normalized spacial score (nSPS) is 11.4. The zero-order chi connectivity index (χ0) is 14.7. The van der Waals surface area contributed by atoms with Crippen molar-refractivity contribution in [1.29, 1.82) is 0 Å². The van der Waals surface area contributed by atoms with Crippen molar-refractivity contribution in [3.8, 4) is 17.1 Å². The number of aliphatic carboxylic acids is 1. The SMILES string of the molecule is COc1ccc(-c2ccc(/C(C)=C/C(=O)O)o2)cc1Cl. The minimum absolute atomic E-state index is 0.487. The number of hydrogen-bond acceptors (Lipinski definition) is 3. The van der Waals surface area contributed by atoms with Gasteiger partial charge in [0.1, 0.15) is 17.3 Å². The molecule has 0 radical (unpaired) electrons. The summed E-state index contributed by atoms with van der Waals surface area (Å²) in [7, 11) is 1.55. The van der Waals surface area contributed by atoms with Crippen molar-refractivity contribution in [3.05, 3.63) is 47.2 Å². The van der Waals surface area contributed by atoms with Crippen LogP contribution >= 0.6 is 11.6 Å². The van der Waals surface area contributed by atoms with Crippen LogP contribution in [0.2, 0.25) is 5.02 Å². The minimum Gasteiger partial charge on any atom is -0.495 e. The number of rotatable bonds is 4. The summed E-state index contributed by atoms with van der Waals surface area (Å²) in [6.07, 6.45) is 1.10. The van der Waals surface area contributed by atoms with Crippen molar-refractivity contribution in [1.82, 2.24) is 0 Å². The van der Waals surface area contributed by atoms with E-state index in [2.05, 4.69) is 0 Å². The molecule has 2 aromatic rings. The first-order valence-corrected chi connectivity index (χ1v) is 6.24. The van der Waals surface area contributed by atoms with Crippen molar-refractivity contribution in [2.45, 2.75) is 6.92 Å². The Hall–Kier alpha value is -2.20. The topological polar surface area (TPSA) is 59.7 Å². The Labute approximate surface area is 121 Å². The van der Waals surface area contributed by atoms with Crippen LogP contribution in [0.1, 0.15) is 12.7 Å². The van der Waals surface area contributed by atoms with Crippen LogP contribution in [0.5, 0.6) is 5.75 Å². The number of furan rings is 1. The second-order valence-corrected chi connectivity index (χ2v) is 4.59. The minimum atomic E-state index is -1.01. The van der Waals surface area contributed by atoms with Crippen molar-refractivity contribution >= 4 is 23.1 Å². The molecule has 2 rings (SSSR count). The maximum absolute atomic E-state index is 10.6. The third-order valence-electron chi connectivity index (χ3n) is 2.77. The predicted molar refractivity (Wildman–Crippen MR) is 77.0 cm³/mol. The maximum atomic E-state index is 10.6. The van der Waals surface area contributed by atoms with Crippen molar-refractivity contribution in [2.75, 3.05) is 7.11 Å². The molecule has 0 atom stereocenters. The van der Waals surface area contributed by atoms with Crippen LogP contribution in [0.25, 0.3) is 16.9 Å². The molecule has 5 heteroatoms. The number of carbonyl (C=O) groups is 1. The number of carboxylic acids is 1. The molecule has 1 aromatic heterocycles. The molecular formula is C15H13ClO4. The molecule has 1 aromatic carbocycles. The maximum Gasteiger partial charge on any atom is 0.328 e. The van der Waals surface area contributed by atoms with Crippen LogP contribution < -0.4 is 4.74 Å². The number of carboxylic acid groups (broad SMARTS) is 1. The second-order valence-electron chi connectivity index (χ2n) is 4.18. The Balaban J connectivity index is 2.33. The third kappa shape index (κ3) is 3.03. The van der Waals surface area contributed by atoms with E-state index in [1.54, 1.807) is 38.3 Å². The van der Waals surface area contributed by atoms with Gasteiger partial charge in [-0.25, -0.2) is 4.79 Å². The van der Waals surface area contributed by atoms with Gasteiger partial charge in [0, 0.05) is 11.6 Å². The quantitative estimate of drug-likeness (QED) is 0.862. The van der Waals surface area contributed by atoms with Gasteiger partial charge in [-0.3, -0.25) is 0 Å². The summed E-state index contributed by atoms with van der Waals surface area (Å²) in [5.41, 5.74) is 1.34. The summed E-state index contributed by atoms with van der Waals surface area (Å²) < 4.78 is 10.7. The number of hydrogen-bond donors (Lipinski definition) is 1. The molecule has 20 heavy (non-hydrogen) atoms. The average molecular weight is 293 g/mol. The Morgan fingerprint density at radius 1 is 1.35 bits per heavy atom. The molecule has 1 N–H and O–H groups in total. The average Bonchev–Trinajstić information content (AvgIpc) is 2.87. The summed E-state index contributed by atoms with van der Waals surface area (Å²) in [6, 6.07) is 8.80. The van der Waals surface area contributed by atoms with Gasteiger partial charge in [-0.2, -0.15) is 0 Å². The molecule has 0 fully saturated rings. The largest absolute Gasteiger partial charge is 0.495 e. The van der Waals surface area contributed by atoms with E-state index in [9.17, 15) is 4.79 Å². The Bertz CT molecular complexity index is 670. The van der Waals surface area contributed by atoms with E-state index in [1.165, 1.54) is 0 Å². The van der Waals surface area contributed by atoms with E-state index in [4.69, 9.17) is 25.9 Å². The molecule has 0 unspecified atom stereocenters. The standard InChI is InChI=1S/C15H13ClO4/c1-9(7-15(17)18)12-5-6-13(20-12)10-3-4-14(19-2)11(16)8-10/h3-8H,1-2H3,(H,17,18)/b9-7+. The van der Waals surface area contributed by atoms with Crippen LogP contribution in [0.3, 0.4) is 0 Å². The molecule has 0 spiro atoms. The summed E-state index contributed by atoms with van der Waals surface area (Å²) in [5, 5.41) is 9.20. The van der Waals surface area contributed by atoms with E-state index in [1.807, 2.05) is 6.07 Å². The number of allylic oxidation sites excluding steroid dienone is 1. The highest BCUT2D eigenvalue weighted by Crippen LogP contribution is 2.32. The van der Waals surface area contributed by atoms with Crippen molar-refractivity contribution < 1.29 is 19.1 Å². The lowest BCUT2D eigenvalue weighted by Crippen LogP contribution is -1.88. The van der Waals surface area contributed by atoms with Gasteiger partial charge in [-0.1, -0.05) is 11.6 Å². The molecule has 4 nitrogen and oxygen atoms in total. The fraction of sp³-hybridized carbons (Fsp3) is 0.133. The van der Waals surface area contributed by atoms with E-state index < -0.39 is 5.97 Å². The lowest BCUT2D eigenvalue weighted by molar-refractivity contribution is -0.131. The first-order chi connectivity index (χ1) is 9.51. The molecule has 0 saturated carbocycles. The Kier molecular flexibility index (Phi) is 4.15. The highest BCUT2D eigenvalue weighted by atomic mass is 35.5. The van der Waals surface area contributed by atoms with Crippen molar-refractivity contribution in [2.24, 2.45) is 0 Å². The van der Waals surface area contributed by atoms with Crippen LogP contribution in [0.4, 0.5) is 0 Å². The zero-order valence-electron chi connectivity index (χ0n) is 11.0. The first kappa shape index (κ1) is 14.2. The van der Waals surface area contributed by atoms with Gasteiger partial charge in [-0.15, -0.1) is 0 Å². The summed E-state index contributed by atoms with van der Waals surface area (Å²) in [5.74, 6) is 0.703. The number of ether oxygens (including phenoxy) is 1. The van der Waals surface area contributed by atoms with E-state index in [0.29, 0.717) is 27.9 Å². The number of benzene rings is 1. The van der Waals surface area contributed by atoms with Gasteiger partial charge in [0.05, 0.1) is 12.1 Å². The molecule has 0 saturated heterocycles. The molecule has 104 valence electrons. The Morgan fingerprint density at radius 3 is 2.70 bits per heavy atom. The van der Waals surface area contributed by atoms with Gasteiger partial charge in [0.2, 0.25) is 0 Å². The first-order valence-electron chi connectivity index (χ1n) is 5.86. The van der Waals surface area contributed by atoms with E-state index in [0.717, 1.165) is 11.6 Å². The number of methoxy groups -OCH3 is 1.